The molecular weight excluding hydrogens is 373 g/mol. The fourth-order valence-electron chi connectivity index (χ4n) is 2.72. The van der Waals surface area contributed by atoms with E-state index in [0.29, 0.717) is 16.8 Å². The minimum atomic E-state index is -1.26. The average Bonchev–Trinajstić information content (AvgIpc) is 2.72. The second kappa shape index (κ2) is 8.93. The van der Waals surface area contributed by atoms with E-state index in [4.69, 9.17) is 4.74 Å². The van der Waals surface area contributed by atoms with Crippen LogP contribution in [0.3, 0.4) is 0 Å². The van der Waals surface area contributed by atoms with E-state index in [1.54, 1.807) is 48.5 Å². The van der Waals surface area contributed by atoms with Crippen LogP contribution in [-0.2, 0) is 9.53 Å². The fourth-order valence-corrected chi connectivity index (χ4v) is 2.72. The SMILES string of the molecule is CC(=O)c1cccc(NC(=O)[C@@H](OC(=O)c2cccc(F)c2)c2ccccc2)c1. The largest absolute Gasteiger partial charge is 0.444 e. The lowest BCUT2D eigenvalue weighted by molar-refractivity contribution is -0.125. The lowest BCUT2D eigenvalue weighted by atomic mass is 10.1. The van der Waals surface area contributed by atoms with E-state index in [1.807, 2.05) is 0 Å². The highest BCUT2D eigenvalue weighted by atomic mass is 19.1. The molecule has 0 aliphatic heterocycles. The number of hydrogen-bond donors (Lipinski definition) is 1. The summed E-state index contributed by atoms with van der Waals surface area (Å²) in [6.07, 6.45) is -1.26. The summed E-state index contributed by atoms with van der Waals surface area (Å²) in [7, 11) is 0. The van der Waals surface area contributed by atoms with Crippen LogP contribution < -0.4 is 5.32 Å². The van der Waals surface area contributed by atoms with Crippen LogP contribution in [0.4, 0.5) is 10.1 Å². The molecule has 0 heterocycles. The molecule has 146 valence electrons. The van der Waals surface area contributed by atoms with E-state index in [2.05, 4.69) is 5.32 Å². The molecule has 0 fully saturated rings. The standard InChI is InChI=1S/C23H18FNO4/c1-15(26)17-9-6-12-20(14-17)25-22(27)21(16-7-3-2-4-8-16)29-23(28)18-10-5-11-19(24)13-18/h2-14,21H,1H3,(H,25,27)/t21-/m0/s1. The Morgan fingerprint density at radius 1 is 0.862 bits per heavy atom. The predicted octanol–water partition coefficient (Wildman–Crippen LogP) is 4.57. The molecule has 0 saturated heterocycles. The van der Waals surface area contributed by atoms with Crippen molar-refractivity contribution < 1.29 is 23.5 Å². The molecular formula is C23H18FNO4. The number of nitrogens with one attached hydrogen (secondary N) is 1. The van der Waals surface area contributed by atoms with Crippen LogP contribution in [0.5, 0.6) is 0 Å². The number of esters is 1. The molecule has 0 aliphatic rings. The van der Waals surface area contributed by atoms with Crippen molar-refractivity contribution in [3.63, 3.8) is 0 Å². The predicted molar refractivity (Wildman–Crippen MR) is 106 cm³/mol. The summed E-state index contributed by atoms with van der Waals surface area (Å²) >= 11 is 0. The number of benzene rings is 3. The summed E-state index contributed by atoms with van der Waals surface area (Å²) in [4.78, 5) is 36.9. The van der Waals surface area contributed by atoms with Crippen LogP contribution in [0.25, 0.3) is 0 Å². The fraction of sp³-hybridized carbons (Fsp3) is 0.0870. The van der Waals surface area contributed by atoms with Crippen molar-refractivity contribution in [1.82, 2.24) is 0 Å². The van der Waals surface area contributed by atoms with Crippen molar-refractivity contribution in [3.05, 3.63) is 101 Å². The molecule has 1 N–H and O–H groups in total. The zero-order valence-electron chi connectivity index (χ0n) is 15.6. The lowest BCUT2D eigenvalue weighted by Crippen LogP contribution is -2.26. The first kappa shape index (κ1) is 19.9. The van der Waals surface area contributed by atoms with Crippen molar-refractivity contribution >= 4 is 23.3 Å². The second-order valence-electron chi connectivity index (χ2n) is 6.33. The first-order valence-electron chi connectivity index (χ1n) is 8.87. The van der Waals surface area contributed by atoms with E-state index < -0.39 is 23.8 Å². The number of amides is 1. The molecule has 0 spiro atoms. The molecule has 3 aromatic rings. The Hall–Kier alpha value is -3.80. The number of halogens is 1. The van der Waals surface area contributed by atoms with Crippen LogP contribution in [0.15, 0.2) is 78.9 Å². The van der Waals surface area contributed by atoms with Gasteiger partial charge in [-0.2, -0.15) is 0 Å². The monoisotopic (exact) mass is 391 g/mol. The summed E-state index contributed by atoms with van der Waals surface area (Å²) in [6, 6.07) is 20.0. The maximum Gasteiger partial charge on any atom is 0.339 e. The second-order valence-corrected chi connectivity index (χ2v) is 6.33. The van der Waals surface area contributed by atoms with E-state index in [0.717, 1.165) is 6.07 Å². The highest BCUT2D eigenvalue weighted by Gasteiger charge is 2.26. The van der Waals surface area contributed by atoms with E-state index in [9.17, 15) is 18.8 Å². The summed E-state index contributed by atoms with van der Waals surface area (Å²) in [5.74, 6) is -2.15. The third-order valence-electron chi connectivity index (χ3n) is 4.16. The van der Waals surface area contributed by atoms with Gasteiger partial charge in [-0.05, 0) is 37.3 Å². The van der Waals surface area contributed by atoms with Gasteiger partial charge < -0.3 is 10.1 Å². The Morgan fingerprint density at radius 2 is 1.55 bits per heavy atom. The molecule has 0 radical (unpaired) electrons. The van der Waals surface area contributed by atoms with Crippen LogP contribution in [0.1, 0.15) is 39.3 Å². The van der Waals surface area contributed by atoms with E-state index >= 15 is 0 Å². The van der Waals surface area contributed by atoms with Crippen LogP contribution in [0, 0.1) is 5.82 Å². The number of carbonyl (C=O) groups is 3. The van der Waals surface area contributed by atoms with Crippen molar-refractivity contribution in [3.8, 4) is 0 Å². The Morgan fingerprint density at radius 3 is 2.24 bits per heavy atom. The maximum atomic E-state index is 13.4. The summed E-state index contributed by atoms with van der Waals surface area (Å²) in [5.41, 5.74) is 1.29. The van der Waals surface area contributed by atoms with Gasteiger partial charge >= 0.3 is 5.97 Å². The van der Waals surface area contributed by atoms with Gasteiger partial charge in [0.1, 0.15) is 5.82 Å². The van der Waals surface area contributed by atoms with Crippen LogP contribution in [-0.4, -0.2) is 17.7 Å². The Kier molecular flexibility index (Phi) is 6.14. The minimum Gasteiger partial charge on any atom is -0.444 e. The van der Waals surface area contributed by atoms with Gasteiger partial charge in [-0.15, -0.1) is 0 Å². The van der Waals surface area contributed by atoms with E-state index in [1.165, 1.54) is 31.2 Å². The number of rotatable bonds is 6. The zero-order chi connectivity index (χ0) is 20.8. The lowest BCUT2D eigenvalue weighted by Gasteiger charge is -2.18. The topological polar surface area (TPSA) is 72.5 Å². The Labute approximate surface area is 167 Å². The van der Waals surface area contributed by atoms with Crippen molar-refractivity contribution in [1.29, 1.82) is 0 Å². The van der Waals surface area contributed by atoms with Gasteiger partial charge in [-0.1, -0.05) is 48.5 Å². The number of hydrogen-bond acceptors (Lipinski definition) is 4. The molecule has 0 saturated carbocycles. The molecule has 29 heavy (non-hydrogen) atoms. The summed E-state index contributed by atoms with van der Waals surface area (Å²) < 4.78 is 18.8. The molecule has 6 heteroatoms. The number of carbonyl (C=O) groups excluding carboxylic acids is 3. The number of anilines is 1. The molecule has 0 unspecified atom stereocenters. The number of Topliss-reactive ketones (excluding diaryl/α,β-unsaturated/α-hetero) is 1. The van der Waals surface area contributed by atoms with Crippen molar-refractivity contribution in [2.24, 2.45) is 0 Å². The first-order chi connectivity index (χ1) is 13.9. The molecule has 0 aliphatic carbocycles. The van der Waals surface area contributed by atoms with Crippen molar-refractivity contribution in [2.45, 2.75) is 13.0 Å². The number of ketones is 1. The molecule has 1 amide bonds. The molecule has 3 aromatic carbocycles. The van der Waals surface area contributed by atoms with Gasteiger partial charge in [0.2, 0.25) is 6.10 Å². The smallest absolute Gasteiger partial charge is 0.339 e. The minimum absolute atomic E-state index is 0.00249. The van der Waals surface area contributed by atoms with Crippen LogP contribution >= 0.6 is 0 Å². The van der Waals surface area contributed by atoms with Crippen molar-refractivity contribution in [2.75, 3.05) is 5.32 Å². The Balaban J connectivity index is 1.85. The molecule has 5 nitrogen and oxygen atoms in total. The first-order valence-corrected chi connectivity index (χ1v) is 8.87. The molecule has 0 aromatic heterocycles. The quantitative estimate of drug-likeness (QED) is 0.494. The van der Waals surface area contributed by atoms with E-state index in [-0.39, 0.29) is 11.3 Å². The average molecular weight is 391 g/mol. The highest BCUT2D eigenvalue weighted by Crippen LogP contribution is 2.22. The maximum absolute atomic E-state index is 13.4. The normalized spacial score (nSPS) is 11.4. The van der Waals surface area contributed by atoms with Gasteiger partial charge in [0.05, 0.1) is 5.56 Å². The van der Waals surface area contributed by atoms with Crippen LogP contribution in [0.2, 0.25) is 0 Å². The third-order valence-corrected chi connectivity index (χ3v) is 4.16. The molecule has 0 bridgehead atoms. The van der Waals surface area contributed by atoms with Gasteiger partial charge in [-0.25, -0.2) is 9.18 Å². The van der Waals surface area contributed by atoms with Gasteiger partial charge in [0, 0.05) is 16.8 Å². The van der Waals surface area contributed by atoms with Gasteiger partial charge in [0.25, 0.3) is 5.91 Å². The summed E-state index contributed by atoms with van der Waals surface area (Å²) in [5, 5.41) is 2.66. The van der Waals surface area contributed by atoms with Gasteiger partial charge in [-0.3, -0.25) is 9.59 Å². The summed E-state index contributed by atoms with van der Waals surface area (Å²) in [6.45, 7) is 1.43. The third kappa shape index (κ3) is 5.13. The highest BCUT2D eigenvalue weighted by molar-refractivity contribution is 6.00. The molecule has 1 atom stereocenters. The molecule has 3 rings (SSSR count). The van der Waals surface area contributed by atoms with Gasteiger partial charge in [0.15, 0.2) is 5.78 Å². The number of ether oxygens (including phenoxy) is 1. The zero-order valence-corrected chi connectivity index (χ0v) is 15.6. The Bertz CT molecular complexity index is 1050.